The van der Waals surface area contributed by atoms with E-state index in [1.165, 1.54) is 12.1 Å². The molecule has 30 heavy (non-hydrogen) atoms. The zero-order chi connectivity index (χ0) is 21.5. The molecular weight excluding hydrogens is 517 g/mol. The number of nitrogens with two attached hydrogens (primary N) is 1. The van der Waals surface area contributed by atoms with Crippen LogP contribution in [-0.2, 0) is 17.9 Å². The van der Waals surface area contributed by atoms with Gasteiger partial charge in [-0.25, -0.2) is 4.79 Å². The van der Waals surface area contributed by atoms with Crippen LogP contribution in [0.5, 0.6) is 0 Å². The smallest absolute Gasteiger partial charge is 0.411 e. The Morgan fingerprint density at radius 2 is 1.73 bits per heavy atom. The van der Waals surface area contributed by atoms with E-state index in [-0.39, 0.29) is 12.5 Å². The van der Waals surface area contributed by atoms with Gasteiger partial charge in [-0.15, -0.1) is 0 Å². The molecule has 6 nitrogen and oxygen atoms in total. The highest BCUT2D eigenvalue weighted by atomic mass is 127. The molecular formula is C22H19ClIN3O3. The minimum absolute atomic E-state index is 0.135. The van der Waals surface area contributed by atoms with E-state index in [0.717, 1.165) is 14.7 Å². The van der Waals surface area contributed by atoms with Crippen LogP contribution in [-0.4, -0.2) is 12.0 Å². The number of hydrogen-bond donors (Lipinski definition) is 3. The Hall–Kier alpha value is -2.62. The highest BCUT2D eigenvalue weighted by molar-refractivity contribution is 14.1. The molecule has 3 aromatic rings. The van der Waals surface area contributed by atoms with Gasteiger partial charge in [0.15, 0.2) is 0 Å². The molecule has 8 heteroatoms. The van der Waals surface area contributed by atoms with Crippen molar-refractivity contribution >= 4 is 57.6 Å². The van der Waals surface area contributed by atoms with Gasteiger partial charge in [0.05, 0.1) is 5.69 Å². The van der Waals surface area contributed by atoms with Gasteiger partial charge in [-0.05, 0) is 64.0 Å². The molecule has 0 saturated carbocycles. The number of amides is 2. The molecule has 0 saturated heterocycles. The van der Waals surface area contributed by atoms with E-state index in [4.69, 9.17) is 22.1 Å². The highest BCUT2D eigenvalue weighted by Crippen LogP contribution is 2.23. The molecule has 0 aliphatic heterocycles. The molecule has 0 heterocycles. The van der Waals surface area contributed by atoms with Crippen molar-refractivity contribution in [3.63, 3.8) is 0 Å². The minimum Gasteiger partial charge on any atom is -0.444 e. The Balaban J connectivity index is 1.68. The molecule has 3 rings (SSSR count). The summed E-state index contributed by atoms with van der Waals surface area (Å²) in [5.74, 6) is -0.356. The van der Waals surface area contributed by atoms with Crippen molar-refractivity contribution in [3.05, 3.63) is 92.0 Å². The van der Waals surface area contributed by atoms with Crippen molar-refractivity contribution in [2.75, 3.05) is 10.6 Å². The lowest BCUT2D eigenvalue weighted by Gasteiger charge is -2.11. The fraction of sp³-hybridized carbons (Fsp3) is 0.0909. The van der Waals surface area contributed by atoms with Crippen molar-refractivity contribution in [1.82, 2.24) is 0 Å². The molecule has 0 unspecified atom stereocenters. The second kappa shape index (κ2) is 10.4. The topological polar surface area (TPSA) is 93.5 Å². The highest BCUT2D eigenvalue weighted by Gasteiger charge is 2.13. The van der Waals surface area contributed by atoms with Crippen LogP contribution >= 0.6 is 34.2 Å². The molecule has 0 fully saturated rings. The van der Waals surface area contributed by atoms with Gasteiger partial charge < -0.3 is 15.8 Å². The van der Waals surface area contributed by atoms with Crippen molar-refractivity contribution in [2.45, 2.75) is 13.2 Å². The van der Waals surface area contributed by atoms with Crippen molar-refractivity contribution < 1.29 is 14.3 Å². The molecule has 3 aromatic carbocycles. The Labute approximate surface area is 192 Å². The molecule has 154 valence electrons. The lowest BCUT2D eigenvalue weighted by atomic mass is 10.1. The molecule has 0 radical (unpaired) electrons. The van der Waals surface area contributed by atoms with Gasteiger partial charge in [0.2, 0.25) is 0 Å². The molecule has 0 aromatic heterocycles. The molecule has 2 amide bonds. The summed E-state index contributed by atoms with van der Waals surface area (Å²) < 4.78 is 6.08. The molecule has 4 N–H and O–H groups in total. The van der Waals surface area contributed by atoms with Crippen molar-refractivity contribution in [3.8, 4) is 0 Å². The van der Waals surface area contributed by atoms with E-state index in [1.54, 1.807) is 6.07 Å². The van der Waals surface area contributed by atoms with Gasteiger partial charge in [-0.1, -0.05) is 48.0 Å². The third-order valence-corrected chi connectivity index (χ3v) is 5.29. The quantitative estimate of drug-likeness (QED) is 0.368. The zero-order valence-electron chi connectivity index (χ0n) is 15.8. The summed E-state index contributed by atoms with van der Waals surface area (Å²) in [6.45, 7) is 0.507. The first-order chi connectivity index (χ1) is 14.4. The average Bonchev–Trinajstić information content (AvgIpc) is 2.74. The molecule has 0 spiro atoms. The number of carbonyl (C=O) groups is 2. The maximum atomic E-state index is 12.7. The predicted octanol–water partition coefficient (Wildman–Crippen LogP) is 5.40. The van der Waals surface area contributed by atoms with E-state index in [2.05, 4.69) is 33.2 Å². The van der Waals surface area contributed by atoms with E-state index in [9.17, 15) is 9.59 Å². The van der Waals surface area contributed by atoms with Gasteiger partial charge in [-0.2, -0.15) is 0 Å². The summed E-state index contributed by atoms with van der Waals surface area (Å²) in [4.78, 5) is 24.8. The number of rotatable bonds is 6. The number of carbonyl (C=O) groups excluding carboxylic acids is 2. The monoisotopic (exact) mass is 535 g/mol. The number of nitrogens with one attached hydrogen (secondary N) is 2. The first-order valence-electron chi connectivity index (χ1n) is 9.03. The van der Waals surface area contributed by atoms with Gasteiger partial charge in [0.1, 0.15) is 6.61 Å². The lowest BCUT2D eigenvalue weighted by Crippen LogP contribution is -2.16. The molecule has 0 aliphatic rings. The molecule has 0 aliphatic carbocycles. The first-order valence-corrected chi connectivity index (χ1v) is 10.5. The normalized spacial score (nSPS) is 10.4. The number of halogens is 2. The second-order valence-corrected chi connectivity index (χ2v) is 7.99. The fourth-order valence-electron chi connectivity index (χ4n) is 2.66. The fourth-order valence-corrected chi connectivity index (χ4v) is 3.37. The van der Waals surface area contributed by atoms with Crippen LogP contribution in [0.4, 0.5) is 16.2 Å². The van der Waals surface area contributed by atoms with Crippen molar-refractivity contribution in [2.24, 2.45) is 5.73 Å². The second-order valence-electron chi connectivity index (χ2n) is 6.39. The van der Waals surface area contributed by atoms with Crippen LogP contribution in [0.25, 0.3) is 0 Å². The Kier molecular flexibility index (Phi) is 7.67. The van der Waals surface area contributed by atoms with E-state index in [0.29, 0.717) is 28.5 Å². The van der Waals surface area contributed by atoms with E-state index >= 15 is 0 Å². The Morgan fingerprint density at radius 3 is 2.47 bits per heavy atom. The third kappa shape index (κ3) is 6.19. The SMILES string of the molecule is NCc1ccc(I)c(NC(=O)c2cc(Cl)cc(NC(=O)OCc3ccccc3)c2)c1. The van der Waals surface area contributed by atoms with Crippen molar-refractivity contribution in [1.29, 1.82) is 0 Å². The minimum atomic E-state index is -0.641. The summed E-state index contributed by atoms with van der Waals surface area (Å²) >= 11 is 8.28. The number of anilines is 2. The number of ether oxygens (including phenoxy) is 1. The van der Waals surface area contributed by atoms with Gasteiger partial charge >= 0.3 is 6.09 Å². The van der Waals surface area contributed by atoms with E-state index < -0.39 is 6.09 Å². The first kappa shape index (κ1) is 22.1. The van der Waals surface area contributed by atoms with Gasteiger partial charge in [0, 0.05) is 26.4 Å². The predicted molar refractivity (Wildman–Crippen MR) is 127 cm³/mol. The summed E-state index contributed by atoms with van der Waals surface area (Å²) in [7, 11) is 0. The van der Waals surface area contributed by atoms with Gasteiger partial charge in [0.25, 0.3) is 5.91 Å². The van der Waals surface area contributed by atoms with Crippen LogP contribution in [0.3, 0.4) is 0 Å². The lowest BCUT2D eigenvalue weighted by molar-refractivity contribution is 0.102. The van der Waals surface area contributed by atoms with Crippen LogP contribution in [0, 0.1) is 3.57 Å². The molecule has 0 atom stereocenters. The number of benzene rings is 3. The van der Waals surface area contributed by atoms with Crippen LogP contribution < -0.4 is 16.4 Å². The summed E-state index contributed by atoms with van der Waals surface area (Å²) in [5, 5.41) is 5.76. The largest absolute Gasteiger partial charge is 0.444 e. The standard InChI is InChI=1S/C22H19ClIN3O3/c23-17-9-16(21(28)27-20-8-15(12-25)6-7-19(20)24)10-18(11-17)26-22(29)30-13-14-4-2-1-3-5-14/h1-11H,12-13,25H2,(H,26,29)(H,27,28). The number of hydrogen-bond acceptors (Lipinski definition) is 4. The molecule has 0 bridgehead atoms. The van der Waals surface area contributed by atoms with E-state index in [1.807, 2.05) is 48.5 Å². The maximum Gasteiger partial charge on any atom is 0.411 e. The zero-order valence-corrected chi connectivity index (χ0v) is 18.7. The average molecular weight is 536 g/mol. The summed E-state index contributed by atoms with van der Waals surface area (Å²) in [6.07, 6.45) is -0.641. The Bertz CT molecular complexity index is 1060. The Morgan fingerprint density at radius 1 is 0.967 bits per heavy atom. The van der Waals surface area contributed by atoms with Crippen LogP contribution in [0.2, 0.25) is 5.02 Å². The third-order valence-electron chi connectivity index (χ3n) is 4.13. The summed E-state index contributed by atoms with van der Waals surface area (Å²) in [6, 6.07) is 19.5. The maximum absolute atomic E-state index is 12.7. The van der Waals surface area contributed by atoms with Crippen LogP contribution in [0.15, 0.2) is 66.7 Å². The summed E-state index contributed by atoms with van der Waals surface area (Å²) in [5.41, 5.74) is 8.76. The van der Waals surface area contributed by atoms with Gasteiger partial charge in [-0.3, -0.25) is 10.1 Å². The van der Waals surface area contributed by atoms with Crippen LogP contribution in [0.1, 0.15) is 21.5 Å².